The molecular formula is C11H18N2O. The molecule has 78 valence electrons. The molecule has 1 aromatic rings. The molecule has 3 nitrogen and oxygen atoms in total. The summed E-state index contributed by atoms with van der Waals surface area (Å²) in [4.78, 5) is 13.3. The third kappa shape index (κ3) is 2.37. The second kappa shape index (κ2) is 4.84. The molecule has 0 N–H and O–H groups in total. The SMILES string of the molecule is CCCCn1cccc1C(=O)N(C)C. The van der Waals surface area contributed by atoms with Crippen LogP contribution in [-0.2, 0) is 6.54 Å². The molecule has 14 heavy (non-hydrogen) atoms. The first-order valence-electron chi connectivity index (χ1n) is 5.03. The van der Waals surface area contributed by atoms with E-state index in [-0.39, 0.29) is 5.91 Å². The highest BCUT2D eigenvalue weighted by atomic mass is 16.2. The lowest BCUT2D eigenvalue weighted by Crippen LogP contribution is -2.24. The van der Waals surface area contributed by atoms with Gasteiger partial charge in [-0.3, -0.25) is 4.79 Å². The minimum Gasteiger partial charge on any atom is -0.344 e. The third-order valence-corrected chi connectivity index (χ3v) is 2.21. The van der Waals surface area contributed by atoms with E-state index in [4.69, 9.17) is 0 Å². The number of carbonyl (C=O) groups is 1. The summed E-state index contributed by atoms with van der Waals surface area (Å²) in [6.45, 7) is 3.08. The Morgan fingerprint density at radius 2 is 2.21 bits per heavy atom. The van der Waals surface area contributed by atoms with E-state index in [0.717, 1.165) is 25.1 Å². The zero-order valence-electron chi connectivity index (χ0n) is 9.16. The molecule has 0 aliphatic heterocycles. The third-order valence-electron chi connectivity index (χ3n) is 2.21. The van der Waals surface area contributed by atoms with Crippen LogP contribution in [0.3, 0.4) is 0 Å². The number of hydrogen-bond acceptors (Lipinski definition) is 1. The van der Waals surface area contributed by atoms with Gasteiger partial charge in [-0.05, 0) is 18.6 Å². The van der Waals surface area contributed by atoms with Crippen LogP contribution in [0.25, 0.3) is 0 Å². The maximum Gasteiger partial charge on any atom is 0.269 e. The molecule has 1 amide bonds. The van der Waals surface area contributed by atoms with E-state index >= 15 is 0 Å². The monoisotopic (exact) mass is 194 g/mol. The van der Waals surface area contributed by atoms with Crippen LogP contribution < -0.4 is 0 Å². The molecule has 0 spiro atoms. The maximum atomic E-state index is 11.7. The minimum absolute atomic E-state index is 0.0751. The molecular weight excluding hydrogens is 176 g/mol. The van der Waals surface area contributed by atoms with E-state index in [1.807, 2.05) is 22.9 Å². The van der Waals surface area contributed by atoms with Crippen LogP contribution in [0, 0.1) is 0 Å². The largest absolute Gasteiger partial charge is 0.344 e. The zero-order valence-corrected chi connectivity index (χ0v) is 9.16. The lowest BCUT2D eigenvalue weighted by molar-refractivity contribution is 0.0817. The second-order valence-electron chi connectivity index (χ2n) is 3.64. The molecule has 0 aliphatic rings. The number of hydrogen-bond donors (Lipinski definition) is 0. The van der Waals surface area contributed by atoms with E-state index in [9.17, 15) is 4.79 Å². The highest BCUT2D eigenvalue weighted by molar-refractivity contribution is 5.92. The first-order chi connectivity index (χ1) is 6.66. The summed E-state index contributed by atoms with van der Waals surface area (Å²) in [6, 6.07) is 3.80. The van der Waals surface area contributed by atoms with Crippen molar-refractivity contribution < 1.29 is 4.79 Å². The van der Waals surface area contributed by atoms with Gasteiger partial charge < -0.3 is 9.47 Å². The Morgan fingerprint density at radius 1 is 1.50 bits per heavy atom. The minimum atomic E-state index is 0.0751. The molecule has 1 heterocycles. The summed E-state index contributed by atoms with van der Waals surface area (Å²) in [7, 11) is 3.55. The van der Waals surface area contributed by atoms with Crippen LogP contribution in [0.2, 0.25) is 0 Å². The summed E-state index contributed by atoms with van der Waals surface area (Å²) in [5.74, 6) is 0.0751. The van der Waals surface area contributed by atoms with Crippen LogP contribution in [0.1, 0.15) is 30.3 Å². The van der Waals surface area contributed by atoms with Crippen molar-refractivity contribution >= 4 is 5.91 Å². The highest BCUT2D eigenvalue weighted by Gasteiger charge is 2.11. The molecule has 0 aliphatic carbocycles. The zero-order chi connectivity index (χ0) is 10.6. The normalized spacial score (nSPS) is 10.2. The molecule has 1 rings (SSSR count). The number of nitrogens with zero attached hydrogens (tertiary/aromatic N) is 2. The predicted molar refractivity (Wildman–Crippen MR) is 57.4 cm³/mol. The second-order valence-corrected chi connectivity index (χ2v) is 3.64. The van der Waals surface area contributed by atoms with Crippen molar-refractivity contribution in [3.8, 4) is 0 Å². The molecule has 0 bridgehead atoms. The van der Waals surface area contributed by atoms with Crippen molar-refractivity contribution in [2.24, 2.45) is 0 Å². The molecule has 1 aromatic heterocycles. The van der Waals surface area contributed by atoms with Crippen molar-refractivity contribution in [2.75, 3.05) is 14.1 Å². The van der Waals surface area contributed by atoms with E-state index in [1.165, 1.54) is 0 Å². The Kier molecular flexibility index (Phi) is 3.74. The fraction of sp³-hybridized carbons (Fsp3) is 0.545. The molecule has 3 heteroatoms. The Labute approximate surface area is 85.3 Å². The molecule has 0 fully saturated rings. The Bertz CT molecular complexity index is 302. The highest BCUT2D eigenvalue weighted by Crippen LogP contribution is 2.06. The van der Waals surface area contributed by atoms with Crippen LogP contribution >= 0.6 is 0 Å². The number of aromatic nitrogens is 1. The quantitative estimate of drug-likeness (QED) is 0.719. The van der Waals surface area contributed by atoms with E-state index in [2.05, 4.69) is 6.92 Å². The molecule has 0 saturated heterocycles. The molecule has 0 unspecified atom stereocenters. The van der Waals surface area contributed by atoms with Gasteiger partial charge >= 0.3 is 0 Å². The summed E-state index contributed by atoms with van der Waals surface area (Å²) >= 11 is 0. The van der Waals surface area contributed by atoms with Gasteiger partial charge in [0.15, 0.2) is 0 Å². The van der Waals surface area contributed by atoms with Gasteiger partial charge in [0, 0.05) is 26.8 Å². The average molecular weight is 194 g/mol. The van der Waals surface area contributed by atoms with Crippen LogP contribution in [0.4, 0.5) is 0 Å². The van der Waals surface area contributed by atoms with E-state index in [1.54, 1.807) is 19.0 Å². The van der Waals surface area contributed by atoms with Crippen molar-refractivity contribution in [1.82, 2.24) is 9.47 Å². The smallest absolute Gasteiger partial charge is 0.269 e. The van der Waals surface area contributed by atoms with Gasteiger partial charge in [-0.15, -0.1) is 0 Å². The van der Waals surface area contributed by atoms with E-state index in [0.29, 0.717) is 0 Å². The summed E-state index contributed by atoms with van der Waals surface area (Å²) < 4.78 is 2.02. The van der Waals surface area contributed by atoms with Crippen LogP contribution in [-0.4, -0.2) is 29.5 Å². The van der Waals surface area contributed by atoms with Crippen LogP contribution in [0.5, 0.6) is 0 Å². The number of rotatable bonds is 4. The predicted octanol–water partition coefficient (Wildman–Crippen LogP) is 1.99. The lowest BCUT2D eigenvalue weighted by atomic mass is 10.3. The topological polar surface area (TPSA) is 25.2 Å². The maximum absolute atomic E-state index is 11.7. The van der Waals surface area contributed by atoms with Gasteiger partial charge in [-0.25, -0.2) is 0 Å². The van der Waals surface area contributed by atoms with Crippen LogP contribution in [0.15, 0.2) is 18.3 Å². The first-order valence-corrected chi connectivity index (χ1v) is 5.03. The van der Waals surface area contributed by atoms with Gasteiger partial charge in [0.05, 0.1) is 0 Å². The van der Waals surface area contributed by atoms with Gasteiger partial charge in [0.2, 0.25) is 0 Å². The first kappa shape index (κ1) is 10.8. The van der Waals surface area contributed by atoms with Crippen molar-refractivity contribution in [1.29, 1.82) is 0 Å². The summed E-state index contributed by atoms with van der Waals surface area (Å²) in [6.07, 6.45) is 4.22. The Morgan fingerprint density at radius 3 is 2.79 bits per heavy atom. The van der Waals surface area contributed by atoms with Gasteiger partial charge in [-0.2, -0.15) is 0 Å². The van der Waals surface area contributed by atoms with Gasteiger partial charge in [-0.1, -0.05) is 13.3 Å². The van der Waals surface area contributed by atoms with Crippen molar-refractivity contribution in [3.05, 3.63) is 24.0 Å². The summed E-state index contributed by atoms with van der Waals surface area (Å²) in [5.41, 5.74) is 0.781. The van der Waals surface area contributed by atoms with Crippen molar-refractivity contribution in [3.63, 3.8) is 0 Å². The standard InChI is InChI=1S/C11H18N2O/c1-4-5-8-13-9-6-7-10(13)11(14)12(2)3/h6-7,9H,4-5,8H2,1-3H3. The fourth-order valence-electron chi connectivity index (χ4n) is 1.36. The average Bonchev–Trinajstić information content (AvgIpc) is 2.61. The molecule has 0 radical (unpaired) electrons. The van der Waals surface area contributed by atoms with Gasteiger partial charge in [0.1, 0.15) is 5.69 Å². The Hall–Kier alpha value is -1.25. The fourth-order valence-corrected chi connectivity index (χ4v) is 1.36. The number of unbranched alkanes of at least 4 members (excludes halogenated alkanes) is 1. The van der Waals surface area contributed by atoms with E-state index < -0.39 is 0 Å². The number of carbonyl (C=O) groups excluding carboxylic acids is 1. The molecule has 0 aromatic carbocycles. The number of amides is 1. The van der Waals surface area contributed by atoms with Gasteiger partial charge in [0.25, 0.3) is 5.91 Å². The van der Waals surface area contributed by atoms with Crippen molar-refractivity contribution in [2.45, 2.75) is 26.3 Å². The number of aryl methyl sites for hydroxylation is 1. The lowest BCUT2D eigenvalue weighted by Gasteiger charge is -2.12. The Balaban J connectivity index is 2.76. The molecule has 0 saturated carbocycles. The summed E-state index contributed by atoms with van der Waals surface area (Å²) in [5, 5.41) is 0. The molecule has 0 atom stereocenters.